The van der Waals surface area contributed by atoms with Crippen molar-refractivity contribution in [2.75, 3.05) is 11.9 Å². The predicted molar refractivity (Wildman–Crippen MR) is 113 cm³/mol. The molecule has 5 rings (SSSR count). The van der Waals surface area contributed by atoms with Crippen LogP contribution in [-0.4, -0.2) is 26.2 Å². The predicted octanol–water partition coefficient (Wildman–Crippen LogP) is 3.85. The number of hydrogen-bond donors (Lipinski definition) is 2. The van der Waals surface area contributed by atoms with Gasteiger partial charge in [0.05, 0.1) is 12.3 Å². The van der Waals surface area contributed by atoms with Gasteiger partial charge in [0.1, 0.15) is 11.6 Å². The molecule has 0 aliphatic carbocycles. The van der Waals surface area contributed by atoms with Crippen LogP contribution >= 0.6 is 11.6 Å². The Hall–Kier alpha value is -3.22. The molecule has 2 aromatic rings. The van der Waals surface area contributed by atoms with E-state index in [-0.39, 0.29) is 6.61 Å². The van der Waals surface area contributed by atoms with Gasteiger partial charge in [0, 0.05) is 41.0 Å². The molecule has 3 aliphatic heterocycles. The first-order valence-electron chi connectivity index (χ1n) is 9.37. The van der Waals surface area contributed by atoms with Crippen molar-refractivity contribution >= 4 is 23.1 Å². The number of halogens is 1. The number of hydrogen-bond acceptors (Lipinski definition) is 5. The minimum atomic E-state index is -0.0260. The summed E-state index contributed by atoms with van der Waals surface area (Å²) in [6.45, 7) is 1.61. The van der Waals surface area contributed by atoms with Crippen LogP contribution in [0.3, 0.4) is 0 Å². The summed E-state index contributed by atoms with van der Waals surface area (Å²) in [5.41, 5.74) is 4.84. The Bertz CT molecular complexity index is 1250. The summed E-state index contributed by atoms with van der Waals surface area (Å²) >= 11 is 6.45. The third-order valence-corrected chi connectivity index (χ3v) is 5.31. The van der Waals surface area contributed by atoms with Gasteiger partial charge in [-0.25, -0.2) is 9.98 Å². The van der Waals surface area contributed by atoms with Crippen molar-refractivity contribution in [1.82, 2.24) is 14.5 Å². The molecule has 144 valence electrons. The van der Waals surface area contributed by atoms with Crippen molar-refractivity contribution < 1.29 is 5.11 Å². The van der Waals surface area contributed by atoms with E-state index in [1.165, 1.54) is 0 Å². The van der Waals surface area contributed by atoms with Crippen LogP contribution in [0.4, 0.5) is 11.5 Å². The number of rotatable bonds is 3. The second kappa shape index (κ2) is 7.31. The minimum absolute atomic E-state index is 0.0260. The summed E-state index contributed by atoms with van der Waals surface area (Å²) in [6.07, 6.45) is 1.79. The molecule has 0 amide bonds. The summed E-state index contributed by atoms with van der Waals surface area (Å²) < 4.78 is 2.15. The van der Waals surface area contributed by atoms with E-state index in [0.29, 0.717) is 16.3 Å². The lowest BCUT2D eigenvalue weighted by atomic mass is 10.0. The molecule has 2 N–H and O–H groups in total. The van der Waals surface area contributed by atoms with Gasteiger partial charge >= 0.3 is 0 Å². The lowest BCUT2D eigenvalue weighted by Gasteiger charge is -2.17. The van der Waals surface area contributed by atoms with Gasteiger partial charge in [-0.15, -0.1) is 0 Å². The van der Waals surface area contributed by atoms with Gasteiger partial charge in [-0.1, -0.05) is 41.9 Å². The number of benzene rings is 2. The monoisotopic (exact) mass is 403 g/mol. The topological polar surface area (TPSA) is 75.3 Å². The Labute approximate surface area is 172 Å². The zero-order valence-electron chi connectivity index (χ0n) is 15.5. The van der Waals surface area contributed by atoms with Crippen molar-refractivity contribution in [2.45, 2.75) is 13.2 Å². The van der Waals surface area contributed by atoms with E-state index < -0.39 is 0 Å². The number of anilines is 1. The van der Waals surface area contributed by atoms with Gasteiger partial charge in [-0.3, -0.25) is 0 Å². The number of pyridine rings is 1. The molecule has 6 nitrogen and oxygen atoms in total. The molecule has 0 spiro atoms. The highest BCUT2D eigenvalue weighted by molar-refractivity contribution is 6.33. The fraction of sp³-hybridized carbons (Fsp3) is 0.136. The van der Waals surface area contributed by atoms with E-state index in [9.17, 15) is 5.11 Å². The number of nitrogens with zero attached hydrogens (tertiary/aromatic N) is 4. The molecule has 0 fully saturated rings. The number of aliphatic hydroxyl groups excluding tert-OH is 1. The lowest BCUT2D eigenvalue weighted by molar-refractivity contribution is 0.282. The second-order valence-electron chi connectivity index (χ2n) is 6.85. The van der Waals surface area contributed by atoms with Crippen LogP contribution in [-0.2, 0) is 13.2 Å². The molecule has 0 aromatic heterocycles. The van der Waals surface area contributed by atoms with Crippen LogP contribution in [0.5, 0.6) is 0 Å². The Balaban J connectivity index is 1.68. The second-order valence-corrected chi connectivity index (χ2v) is 7.26. The molecule has 29 heavy (non-hydrogen) atoms. The van der Waals surface area contributed by atoms with Crippen molar-refractivity contribution in [3.63, 3.8) is 0 Å². The summed E-state index contributed by atoms with van der Waals surface area (Å²) in [7, 11) is 0. The molecule has 0 unspecified atom stereocenters. The average molecular weight is 404 g/mol. The molecule has 0 atom stereocenters. The normalized spacial score (nSPS) is 13.5. The maximum absolute atomic E-state index is 9.32. The largest absolute Gasteiger partial charge is 0.392 e. The van der Waals surface area contributed by atoms with E-state index in [2.05, 4.69) is 25.9 Å². The van der Waals surface area contributed by atoms with Crippen molar-refractivity contribution in [3.8, 4) is 22.5 Å². The maximum atomic E-state index is 9.32. The smallest absolute Gasteiger partial charge is 0.251 e. The number of fused-ring (bicyclic) bond motifs is 3. The molecule has 0 saturated heterocycles. The molecule has 0 bridgehead atoms. The Morgan fingerprint density at radius 1 is 1.10 bits per heavy atom. The van der Waals surface area contributed by atoms with Gasteiger partial charge in [0.15, 0.2) is 0 Å². The number of aliphatic hydroxyl groups is 1. The van der Waals surface area contributed by atoms with Crippen LogP contribution in [0.25, 0.3) is 22.5 Å². The van der Waals surface area contributed by atoms with Crippen molar-refractivity contribution in [3.05, 3.63) is 77.0 Å². The van der Waals surface area contributed by atoms with E-state index in [1.807, 2.05) is 48.5 Å². The third-order valence-electron chi connectivity index (χ3n) is 4.98. The minimum Gasteiger partial charge on any atom is -0.392 e. The first kappa shape index (κ1) is 17.8. The summed E-state index contributed by atoms with van der Waals surface area (Å²) in [5.74, 6) is 1.82. The lowest BCUT2D eigenvalue weighted by Crippen LogP contribution is -2.17. The maximum Gasteiger partial charge on any atom is 0.251 e. The van der Waals surface area contributed by atoms with Crippen LogP contribution in [0.15, 0.2) is 65.8 Å². The molecular weight excluding hydrogens is 386 g/mol. The summed E-state index contributed by atoms with van der Waals surface area (Å²) in [6, 6.07) is 17.3. The third kappa shape index (κ3) is 3.26. The van der Waals surface area contributed by atoms with E-state index in [1.54, 1.807) is 6.20 Å². The number of aromatic nitrogens is 3. The molecule has 3 aliphatic rings. The van der Waals surface area contributed by atoms with E-state index in [4.69, 9.17) is 16.6 Å². The molecule has 0 radical (unpaired) electrons. The van der Waals surface area contributed by atoms with Gasteiger partial charge in [-0.05, 0) is 29.8 Å². The first-order chi connectivity index (χ1) is 14.2. The highest BCUT2D eigenvalue weighted by Crippen LogP contribution is 2.39. The highest BCUT2D eigenvalue weighted by Gasteiger charge is 2.22. The van der Waals surface area contributed by atoms with Crippen LogP contribution < -0.4 is 10.9 Å². The van der Waals surface area contributed by atoms with Crippen LogP contribution in [0.2, 0.25) is 5.02 Å². The van der Waals surface area contributed by atoms with Crippen LogP contribution in [0, 0.1) is 0 Å². The number of nitrogens with one attached hydrogen (secondary N) is 1. The summed E-state index contributed by atoms with van der Waals surface area (Å²) in [4.78, 5) is 13.7. The SMILES string of the molecule is OCc1cccc(N=c2ncc3cc(-c4ccccc4Cl)c4n(c-3n2)CCN4)c1. The first-order valence-corrected chi connectivity index (χ1v) is 9.74. The highest BCUT2D eigenvalue weighted by atomic mass is 35.5. The molecule has 3 heterocycles. The molecule has 7 heteroatoms. The van der Waals surface area contributed by atoms with Gasteiger partial charge in [-0.2, -0.15) is 4.98 Å². The zero-order valence-corrected chi connectivity index (χ0v) is 16.3. The van der Waals surface area contributed by atoms with E-state index >= 15 is 0 Å². The standard InChI is InChI=1S/C22H18ClN5O/c23-19-7-2-1-6-17(19)18-11-15-12-25-22(26-16-5-3-4-14(10-16)13-29)27-20(15)28-9-8-24-21(18)28/h1-7,10-12,24,29H,8-9,13H2. The Kier molecular flexibility index (Phi) is 4.50. The zero-order chi connectivity index (χ0) is 19.8. The van der Waals surface area contributed by atoms with Gasteiger partial charge in [0.2, 0.25) is 0 Å². The summed E-state index contributed by atoms with van der Waals surface area (Å²) in [5, 5.41) is 13.5. The average Bonchev–Trinajstić information content (AvgIpc) is 3.24. The quantitative estimate of drug-likeness (QED) is 0.544. The van der Waals surface area contributed by atoms with E-state index in [0.717, 1.165) is 47.0 Å². The van der Waals surface area contributed by atoms with Crippen molar-refractivity contribution in [2.24, 2.45) is 4.99 Å². The van der Waals surface area contributed by atoms with Gasteiger partial charge in [0.25, 0.3) is 5.62 Å². The van der Waals surface area contributed by atoms with Crippen LogP contribution in [0.1, 0.15) is 5.56 Å². The fourth-order valence-corrected chi connectivity index (χ4v) is 3.88. The Morgan fingerprint density at radius 2 is 2.00 bits per heavy atom. The molecule has 2 aromatic carbocycles. The van der Waals surface area contributed by atoms with Gasteiger partial charge < -0.3 is 15.0 Å². The fourth-order valence-electron chi connectivity index (χ4n) is 3.64. The van der Waals surface area contributed by atoms with Crippen molar-refractivity contribution in [1.29, 1.82) is 0 Å². The Morgan fingerprint density at radius 3 is 2.86 bits per heavy atom. The molecular formula is C22H18ClN5O. The molecule has 0 saturated carbocycles.